The molecule has 0 bridgehead atoms. The average Bonchev–Trinajstić information content (AvgIpc) is 2.81. The van der Waals surface area contributed by atoms with E-state index in [1.165, 1.54) is 11.3 Å². The summed E-state index contributed by atoms with van der Waals surface area (Å²) in [6, 6.07) is 3.81. The molecular formula is C15H21BrO4S. The lowest BCUT2D eigenvalue weighted by Crippen LogP contribution is -2.47. The Balaban J connectivity index is 3.22. The molecule has 0 spiro atoms. The molecule has 1 aromatic rings. The summed E-state index contributed by atoms with van der Waals surface area (Å²) in [5, 5.41) is 0. The van der Waals surface area contributed by atoms with Crippen LogP contribution in [-0.2, 0) is 25.5 Å². The number of ether oxygens (including phenoxy) is 2. The molecule has 1 aromatic heterocycles. The number of carbonyl (C=O) groups excluding carboxylic acids is 2. The minimum absolute atomic E-state index is 0.225. The van der Waals surface area contributed by atoms with Crippen LogP contribution in [0.2, 0.25) is 0 Å². The molecule has 0 aliphatic carbocycles. The molecule has 0 radical (unpaired) electrons. The van der Waals surface area contributed by atoms with Gasteiger partial charge in [0.1, 0.15) is 0 Å². The van der Waals surface area contributed by atoms with Crippen LogP contribution < -0.4 is 0 Å². The summed E-state index contributed by atoms with van der Waals surface area (Å²) in [4.78, 5) is 25.9. The normalized spacial score (nSPS) is 11.5. The van der Waals surface area contributed by atoms with Gasteiger partial charge in [-0.05, 0) is 47.8 Å². The lowest BCUT2D eigenvalue weighted by atomic mass is 9.74. The molecule has 0 atom stereocenters. The molecule has 0 amide bonds. The van der Waals surface area contributed by atoms with Gasteiger partial charge in [-0.15, -0.1) is 11.3 Å². The number of hydrogen-bond donors (Lipinski definition) is 0. The topological polar surface area (TPSA) is 52.6 Å². The van der Waals surface area contributed by atoms with E-state index in [0.717, 1.165) is 8.66 Å². The third-order valence-electron chi connectivity index (χ3n) is 3.35. The Morgan fingerprint density at radius 1 is 1.19 bits per heavy atom. The van der Waals surface area contributed by atoms with Crippen molar-refractivity contribution in [1.29, 1.82) is 0 Å². The number of thiophene rings is 1. The van der Waals surface area contributed by atoms with Gasteiger partial charge in [-0.1, -0.05) is 13.8 Å². The smallest absolute Gasteiger partial charge is 0.324 e. The molecule has 21 heavy (non-hydrogen) atoms. The van der Waals surface area contributed by atoms with E-state index in [1.54, 1.807) is 13.8 Å². The summed E-state index contributed by atoms with van der Waals surface area (Å²) >= 11 is 4.90. The molecule has 0 aromatic carbocycles. The molecule has 0 saturated heterocycles. The van der Waals surface area contributed by atoms with Gasteiger partial charge >= 0.3 is 11.9 Å². The first-order valence-corrected chi connectivity index (χ1v) is 8.58. The Morgan fingerprint density at radius 3 is 2.05 bits per heavy atom. The summed E-state index contributed by atoms with van der Waals surface area (Å²) in [6.45, 7) is 7.63. The van der Waals surface area contributed by atoms with Gasteiger partial charge in [0.05, 0.1) is 17.0 Å². The van der Waals surface area contributed by atoms with Crippen LogP contribution in [0.25, 0.3) is 0 Å². The Kier molecular flexibility index (Phi) is 6.87. The summed E-state index contributed by atoms with van der Waals surface area (Å²) in [7, 11) is 0. The maximum absolute atomic E-state index is 12.5. The van der Waals surface area contributed by atoms with Gasteiger partial charge in [0.15, 0.2) is 5.41 Å². The Hall–Kier alpha value is -0.880. The van der Waals surface area contributed by atoms with Crippen molar-refractivity contribution >= 4 is 39.2 Å². The largest absolute Gasteiger partial charge is 0.465 e. The predicted molar refractivity (Wildman–Crippen MR) is 86.3 cm³/mol. The zero-order chi connectivity index (χ0) is 16.0. The van der Waals surface area contributed by atoms with Gasteiger partial charge in [0, 0.05) is 11.3 Å². The highest BCUT2D eigenvalue weighted by Gasteiger charge is 2.51. The van der Waals surface area contributed by atoms with Crippen molar-refractivity contribution in [3.8, 4) is 0 Å². The van der Waals surface area contributed by atoms with Crippen LogP contribution in [0, 0.1) is 11.3 Å². The molecule has 0 saturated carbocycles. The number of rotatable bonds is 7. The summed E-state index contributed by atoms with van der Waals surface area (Å²) in [5.41, 5.74) is -1.30. The van der Waals surface area contributed by atoms with Crippen molar-refractivity contribution in [3.63, 3.8) is 0 Å². The van der Waals surface area contributed by atoms with Gasteiger partial charge in [-0.25, -0.2) is 0 Å². The van der Waals surface area contributed by atoms with E-state index in [0.29, 0.717) is 6.42 Å². The fourth-order valence-electron chi connectivity index (χ4n) is 2.14. The third-order valence-corrected chi connectivity index (χ3v) is 4.97. The summed E-state index contributed by atoms with van der Waals surface area (Å²) in [5.74, 6) is -1.25. The highest BCUT2D eigenvalue weighted by molar-refractivity contribution is 9.11. The maximum Gasteiger partial charge on any atom is 0.324 e. The zero-order valence-corrected chi connectivity index (χ0v) is 15.2. The first-order chi connectivity index (χ1) is 9.88. The van der Waals surface area contributed by atoms with Crippen LogP contribution in [0.3, 0.4) is 0 Å². The first kappa shape index (κ1) is 18.2. The molecular weight excluding hydrogens is 356 g/mol. The maximum atomic E-state index is 12.5. The second-order valence-corrected chi connectivity index (χ2v) is 7.50. The third kappa shape index (κ3) is 4.07. The van der Waals surface area contributed by atoms with Gasteiger partial charge in [0.25, 0.3) is 0 Å². The number of esters is 2. The highest BCUT2D eigenvalue weighted by Crippen LogP contribution is 2.37. The standard InChI is InChI=1S/C15H21BrO4S/c1-5-19-13(17)15(10(3)4,14(18)20-6-2)9-11-7-8-12(16)21-11/h7-8,10H,5-6,9H2,1-4H3. The molecule has 4 nitrogen and oxygen atoms in total. The van der Waals surface area contributed by atoms with Crippen LogP contribution in [0.1, 0.15) is 32.6 Å². The second kappa shape index (κ2) is 7.94. The van der Waals surface area contributed by atoms with E-state index in [-0.39, 0.29) is 19.1 Å². The minimum Gasteiger partial charge on any atom is -0.465 e. The van der Waals surface area contributed by atoms with E-state index in [1.807, 2.05) is 26.0 Å². The zero-order valence-electron chi connectivity index (χ0n) is 12.8. The summed E-state index contributed by atoms with van der Waals surface area (Å²) < 4.78 is 11.3. The molecule has 6 heteroatoms. The molecule has 0 aliphatic heterocycles. The lowest BCUT2D eigenvalue weighted by Gasteiger charge is -2.32. The Labute approximate surface area is 138 Å². The first-order valence-electron chi connectivity index (χ1n) is 6.97. The van der Waals surface area contributed by atoms with E-state index >= 15 is 0 Å². The minimum atomic E-state index is -1.30. The predicted octanol–water partition coefficient (Wildman–Crippen LogP) is 3.82. The SMILES string of the molecule is CCOC(=O)C(Cc1ccc(Br)s1)(C(=O)OCC)C(C)C. The van der Waals surface area contributed by atoms with Gasteiger partial charge in [0.2, 0.25) is 0 Å². The highest BCUT2D eigenvalue weighted by atomic mass is 79.9. The van der Waals surface area contributed by atoms with Crippen molar-refractivity contribution in [3.05, 3.63) is 20.8 Å². The monoisotopic (exact) mass is 376 g/mol. The fraction of sp³-hybridized carbons (Fsp3) is 0.600. The Morgan fingerprint density at radius 2 is 1.71 bits per heavy atom. The molecule has 118 valence electrons. The fourth-order valence-corrected chi connectivity index (χ4v) is 3.72. The molecule has 0 aliphatic rings. The number of carbonyl (C=O) groups is 2. The van der Waals surface area contributed by atoms with Gasteiger partial charge < -0.3 is 9.47 Å². The average molecular weight is 377 g/mol. The van der Waals surface area contributed by atoms with E-state index in [9.17, 15) is 9.59 Å². The van der Waals surface area contributed by atoms with Crippen LogP contribution in [0.4, 0.5) is 0 Å². The lowest BCUT2D eigenvalue weighted by molar-refractivity contribution is -0.175. The van der Waals surface area contributed by atoms with Crippen LogP contribution in [-0.4, -0.2) is 25.2 Å². The Bertz CT molecular complexity index is 478. The van der Waals surface area contributed by atoms with E-state index in [4.69, 9.17) is 9.47 Å². The molecule has 1 heterocycles. The van der Waals surface area contributed by atoms with Crippen LogP contribution in [0.15, 0.2) is 15.9 Å². The van der Waals surface area contributed by atoms with Crippen molar-refractivity contribution < 1.29 is 19.1 Å². The van der Waals surface area contributed by atoms with E-state index < -0.39 is 17.4 Å². The van der Waals surface area contributed by atoms with Crippen molar-refractivity contribution in [2.75, 3.05) is 13.2 Å². The van der Waals surface area contributed by atoms with Crippen molar-refractivity contribution in [1.82, 2.24) is 0 Å². The number of hydrogen-bond acceptors (Lipinski definition) is 5. The quantitative estimate of drug-likeness (QED) is 0.536. The van der Waals surface area contributed by atoms with Crippen LogP contribution >= 0.6 is 27.3 Å². The van der Waals surface area contributed by atoms with Gasteiger partial charge in [-0.2, -0.15) is 0 Å². The van der Waals surface area contributed by atoms with E-state index in [2.05, 4.69) is 15.9 Å². The van der Waals surface area contributed by atoms with Gasteiger partial charge in [-0.3, -0.25) is 9.59 Å². The van der Waals surface area contributed by atoms with Crippen LogP contribution in [0.5, 0.6) is 0 Å². The molecule has 0 fully saturated rings. The second-order valence-electron chi connectivity index (χ2n) is 4.95. The molecule has 0 unspecified atom stereocenters. The molecule has 1 rings (SSSR count). The van der Waals surface area contributed by atoms with Crippen molar-refractivity contribution in [2.45, 2.75) is 34.1 Å². The number of halogens is 1. The summed E-state index contributed by atoms with van der Waals surface area (Å²) in [6.07, 6.45) is 0.290. The molecule has 0 N–H and O–H groups in total. The van der Waals surface area contributed by atoms with Crippen molar-refractivity contribution in [2.24, 2.45) is 11.3 Å².